The van der Waals surface area contributed by atoms with E-state index in [4.69, 9.17) is 4.74 Å². The summed E-state index contributed by atoms with van der Waals surface area (Å²) in [5.41, 5.74) is -0.558. The van der Waals surface area contributed by atoms with E-state index in [1.807, 2.05) is 20.8 Å². The minimum absolute atomic E-state index is 0.238. The zero-order chi connectivity index (χ0) is 15.6. The number of carboxylic acids is 1. The zero-order valence-corrected chi connectivity index (χ0v) is 13.1. The van der Waals surface area contributed by atoms with E-state index in [1.165, 1.54) is 0 Å². The maximum atomic E-state index is 12.2. The third kappa shape index (κ3) is 4.33. The molecule has 3 unspecified atom stereocenters. The Bertz CT molecular complexity index is 399. The quantitative estimate of drug-likeness (QED) is 0.808. The molecule has 1 amide bonds. The number of nitrogens with zero attached hydrogens (tertiary/aromatic N) is 1. The van der Waals surface area contributed by atoms with Gasteiger partial charge in [-0.1, -0.05) is 0 Å². The first-order valence-corrected chi connectivity index (χ1v) is 7.67. The van der Waals surface area contributed by atoms with Gasteiger partial charge >= 0.3 is 12.1 Å². The number of carbonyl (C=O) groups is 2. The Labute approximate surface area is 125 Å². The van der Waals surface area contributed by atoms with Crippen LogP contribution in [-0.2, 0) is 9.53 Å². The second-order valence-corrected chi connectivity index (χ2v) is 7.17. The van der Waals surface area contributed by atoms with E-state index >= 15 is 0 Å². The van der Waals surface area contributed by atoms with Crippen LogP contribution in [0.25, 0.3) is 0 Å². The van der Waals surface area contributed by atoms with Gasteiger partial charge in [-0.15, -0.1) is 0 Å². The van der Waals surface area contributed by atoms with E-state index in [0.717, 1.165) is 19.5 Å². The molecular weight excluding hydrogens is 272 g/mol. The van der Waals surface area contributed by atoms with Gasteiger partial charge in [0.25, 0.3) is 0 Å². The summed E-state index contributed by atoms with van der Waals surface area (Å²) < 4.78 is 5.39. The smallest absolute Gasteiger partial charge is 0.410 e. The lowest BCUT2D eigenvalue weighted by molar-refractivity contribution is -0.144. The molecule has 0 saturated carbocycles. The molecule has 6 heteroatoms. The summed E-state index contributed by atoms with van der Waals surface area (Å²) >= 11 is 0. The molecule has 21 heavy (non-hydrogen) atoms. The van der Waals surface area contributed by atoms with Gasteiger partial charge in [-0.25, -0.2) is 4.79 Å². The van der Waals surface area contributed by atoms with Crippen molar-refractivity contribution in [2.75, 3.05) is 26.2 Å². The van der Waals surface area contributed by atoms with E-state index in [2.05, 4.69) is 5.32 Å². The zero-order valence-electron chi connectivity index (χ0n) is 13.1. The highest BCUT2D eigenvalue weighted by molar-refractivity contribution is 5.73. The Kier molecular flexibility index (Phi) is 4.76. The van der Waals surface area contributed by atoms with Crippen molar-refractivity contribution in [1.29, 1.82) is 0 Å². The lowest BCUT2D eigenvalue weighted by Crippen LogP contribution is -2.49. The van der Waals surface area contributed by atoms with E-state index in [0.29, 0.717) is 18.9 Å². The molecule has 0 aromatic carbocycles. The number of hydrogen-bond donors (Lipinski definition) is 2. The lowest BCUT2D eigenvalue weighted by atomic mass is 9.80. The summed E-state index contributed by atoms with van der Waals surface area (Å²) in [5.74, 6) is -0.615. The Balaban J connectivity index is 2.05. The van der Waals surface area contributed by atoms with E-state index < -0.39 is 23.6 Å². The standard InChI is InChI=1S/C15H26N2O4/c1-15(2,3)21-14(20)17-8-11(10-4-5-16-7-10)6-12(9-17)13(18)19/h10-12,16H,4-9H2,1-3H3,(H,18,19). The number of carbonyl (C=O) groups excluding carboxylic acids is 1. The summed E-state index contributed by atoms with van der Waals surface area (Å²) in [7, 11) is 0. The number of carboxylic acid groups (broad SMARTS) is 1. The van der Waals surface area contributed by atoms with Crippen LogP contribution >= 0.6 is 0 Å². The van der Waals surface area contributed by atoms with E-state index in [-0.39, 0.29) is 12.5 Å². The average Bonchev–Trinajstić information content (AvgIpc) is 2.90. The van der Waals surface area contributed by atoms with Crippen LogP contribution in [0.15, 0.2) is 0 Å². The summed E-state index contributed by atoms with van der Waals surface area (Å²) in [6, 6.07) is 0. The van der Waals surface area contributed by atoms with Crippen molar-refractivity contribution in [1.82, 2.24) is 10.2 Å². The van der Waals surface area contributed by atoms with Gasteiger partial charge in [0.05, 0.1) is 5.92 Å². The molecule has 0 bridgehead atoms. The number of ether oxygens (including phenoxy) is 1. The Morgan fingerprint density at radius 1 is 1.24 bits per heavy atom. The van der Waals surface area contributed by atoms with Gasteiger partial charge in [0.15, 0.2) is 0 Å². The van der Waals surface area contributed by atoms with Gasteiger partial charge in [-0.05, 0) is 58.5 Å². The highest BCUT2D eigenvalue weighted by Crippen LogP contribution is 2.31. The molecule has 0 aromatic heterocycles. The number of piperidine rings is 1. The van der Waals surface area contributed by atoms with Crippen LogP contribution in [0.5, 0.6) is 0 Å². The number of hydrogen-bond acceptors (Lipinski definition) is 4. The molecule has 3 atom stereocenters. The van der Waals surface area contributed by atoms with Crippen LogP contribution in [0.4, 0.5) is 4.79 Å². The normalized spacial score (nSPS) is 30.2. The monoisotopic (exact) mass is 298 g/mol. The molecule has 0 aliphatic carbocycles. The van der Waals surface area contributed by atoms with Crippen LogP contribution in [0.3, 0.4) is 0 Å². The van der Waals surface area contributed by atoms with Crippen LogP contribution in [0, 0.1) is 17.8 Å². The molecule has 2 aliphatic rings. The first-order valence-electron chi connectivity index (χ1n) is 7.67. The van der Waals surface area contributed by atoms with Gasteiger partial charge in [0, 0.05) is 13.1 Å². The Hall–Kier alpha value is -1.30. The van der Waals surface area contributed by atoms with Crippen LogP contribution in [0.2, 0.25) is 0 Å². The molecule has 2 rings (SSSR count). The summed E-state index contributed by atoms with van der Waals surface area (Å²) in [6.45, 7) is 8.21. The lowest BCUT2D eigenvalue weighted by Gasteiger charge is -2.39. The highest BCUT2D eigenvalue weighted by Gasteiger charge is 2.39. The number of rotatable bonds is 2. The maximum Gasteiger partial charge on any atom is 0.410 e. The first-order chi connectivity index (χ1) is 9.76. The largest absolute Gasteiger partial charge is 0.481 e. The fourth-order valence-electron chi connectivity index (χ4n) is 3.21. The summed E-state index contributed by atoms with van der Waals surface area (Å²) in [4.78, 5) is 25.2. The fraction of sp³-hybridized carbons (Fsp3) is 0.867. The first kappa shape index (κ1) is 16.1. The molecule has 2 N–H and O–H groups in total. The second kappa shape index (κ2) is 6.22. The number of nitrogens with one attached hydrogen (secondary N) is 1. The number of likely N-dealkylation sites (tertiary alicyclic amines) is 1. The molecule has 2 saturated heterocycles. The molecule has 0 spiro atoms. The van der Waals surface area contributed by atoms with Crippen LogP contribution in [0.1, 0.15) is 33.6 Å². The molecule has 120 valence electrons. The van der Waals surface area contributed by atoms with Crippen LogP contribution < -0.4 is 5.32 Å². The van der Waals surface area contributed by atoms with Crippen molar-refractivity contribution in [3.05, 3.63) is 0 Å². The van der Waals surface area contributed by atoms with Gasteiger partial charge in [0.2, 0.25) is 0 Å². The fourth-order valence-corrected chi connectivity index (χ4v) is 3.21. The third-order valence-corrected chi connectivity index (χ3v) is 4.25. The van der Waals surface area contributed by atoms with Crippen molar-refractivity contribution < 1.29 is 19.4 Å². The molecule has 2 heterocycles. The van der Waals surface area contributed by atoms with Gasteiger partial charge in [-0.3, -0.25) is 4.79 Å². The summed E-state index contributed by atoms with van der Waals surface area (Å²) in [6.07, 6.45) is 1.31. The van der Waals surface area contributed by atoms with Crippen molar-refractivity contribution >= 4 is 12.1 Å². The van der Waals surface area contributed by atoms with E-state index in [9.17, 15) is 14.7 Å². The maximum absolute atomic E-state index is 12.2. The Morgan fingerprint density at radius 3 is 2.48 bits per heavy atom. The minimum Gasteiger partial charge on any atom is -0.481 e. The van der Waals surface area contributed by atoms with Crippen molar-refractivity contribution in [3.8, 4) is 0 Å². The summed E-state index contributed by atoms with van der Waals surface area (Å²) in [5, 5.41) is 12.7. The predicted octanol–water partition coefficient (Wildman–Crippen LogP) is 1.55. The molecule has 0 aromatic rings. The highest BCUT2D eigenvalue weighted by atomic mass is 16.6. The number of aliphatic carboxylic acids is 1. The minimum atomic E-state index is -0.820. The molecular formula is C15H26N2O4. The molecule has 0 radical (unpaired) electrons. The van der Waals surface area contributed by atoms with Crippen molar-refractivity contribution in [2.45, 2.75) is 39.2 Å². The molecule has 2 aliphatic heterocycles. The van der Waals surface area contributed by atoms with E-state index in [1.54, 1.807) is 4.90 Å². The predicted molar refractivity (Wildman–Crippen MR) is 78.0 cm³/mol. The van der Waals surface area contributed by atoms with Crippen molar-refractivity contribution in [3.63, 3.8) is 0 Å². The average molecular weight is 298 g/mol. The Morgan fingerprint density at radius 2 is 1.95 bits per heavy atom. The van der Waals surface area contributed by atoms with Gasteiger partial charge in [0.1, 0.15) is 5.60 Å². The topological polar surface area (TPSA) is 78.9 Å². The van der Waals surface area contributed by atoms with Crippen molar-refractivity contribution in [2.24, 2.45) is 17.8 Å². The van der Waals surface area contributed by atoms with Gasteiger partial charge < -0.3 is 20.1 Å². The molecule has 6 nitrogen and oxygen atoms in total. The molecule has 2 fully saturated rings. The van der Waals surface area contributed by atoms with Crippen LogP contribution in [-0.4, -0.2) is 53.8 Å². The SMILES string of the molecule is CC(C)(C)OC(=O)N1CC(C(=O)O)CC(C2CCNC2)C1. The third-order valence-electron chi connectivity index (χ3n) is 4.25. The van der Waals surface area contributed by atoms with Gasteiger partial charge in [-0.2, -0.15) is 0 Å². The second-order valence-electron chi connectivity index (χ2n) is 7.17. The number of amides is 1.